The Labute approximate surface area is 187 Å². The lowest BCUT2D eigenvalue weighted by Crippen LogP contribution is -2.60. The molecule has 172 valence electrons. The first-order chi connectivity index (χ1) is 14.7. The SMILES string of the molecule is CC(=O)O[C@@H]1CC[C@]2(C)[C@@H]3CC[C@@]4(C)[C@@H](C[C@@H]5CCCC[C@@]54C(C)=O)[C@H]3C[C@@H]3O[C@@]32C1. The maximum Gasteiger partial charge on any atom is 0.302 e. The van der Waals surface area contributed by atoms with E-state index in [9.17, 15) is 9.59 Å². The predicted molar refractivity (Wildman–Crippen MR) is 117 cm³/mol. The molecule has 0 radical (unpaired) electrons. The minimum atomic E-state index is -0.160. The van der Waals surface area contributed by atoms with Crippen molar-refractivity contribution in [2.45, 2.75) is 116 Å². The van der Waals surface area contributed by atoms with Crippen LogP contribution in [0.5, 0.6) is 0 Å². The molecule has 0 aromatic heterocycles. The number of hydrogen-bond donors (Lipinski definition) is 0. The van der Waals surface area contributed by atoms with Crippen LogP contribution in [0.4, 0.5) is 0 Å². The Kier molecular flexibility index (Phi) is 4.25. The summed E-state index contributed by atoms with van der Waals surface area (Å²) < 4.78 is 12.2. The van der Waals surface area contributed by atoms with Crippen LogP contribution in [0.15, 0.2) is 0 Å². The molecule has 31 heavy (non-hydrogen) atoms. The molecule has 5 saturated carbocycles. The monoisotopic (exact) mass is 428 g/mol. The number of carbonyl (C=O) groups is 2. The number of rotatable bonds is 2. The smallest absolute Gasteiger partial charge is 0.302 e. The Bertz CT molecular complexity index is 822. The quantitative estimate of drug-likeness (QED) is 0.432. The van der Waals surface area contributed by atoms with E-state index in [1.54, 1.807) is 0 Å². The van der Waals surface area contributed by atoms with Crippen LogP contribution in [0.25, 0.3) is 0 Å². The maximum absolute atomic E-state index is 13.2. The maximum atomic E-state index is 13.2. The number of ketones is 1. The lowest BCUT2D eigenvalue weighted by atomic mass is 9.42. The van der Waals surface area contributed by atoms with Crippen LogP contribution in [-0.2, 0) is 19.1 Å². The number of fused-ring (bicyclic) bond motifs is 6. The molecule has 6 fully saturated rings. The molecule has 0 amide bonds. The van der Waals surface area contributed by atoms with Crippen molar-refractivity contribution >= 4 is 11.8 Å². The van der Waals surface area contributed by atoms with Crippen LogP contribution in [0, 0.1) is 39.9 Å². The van der Waals surface area contributed by atoms with Gasteiger partial charge in [-0.3, -0.25) is 9.59 Å². The summed E-state index contributed by atoms with van der Waals surface area (Å²) in [4.78, 5) is 24.8. The standard InChI is InChI=1S/C27H40O4/c1-16(28)26-10-6-5-7-18(26)13-22-20-14-23-27(31-23)15-19(30-17(2)29)8-11-25(27,4)21(20)9-12-24(22,26)3/h18-23H,5-15H2,1-4H3/t18-,19+,20-,21+,22-,23-,24-,25+,26+,27-/m0/s1. The average Bonchev–Trinajstić information content (AvgIpc) is 3.33. The van der Waals surface area contributed by atoms with Gasteiger partial charge in [0.25, 0.3) is 0 Å². The molecule has 1 saturated heterocycles. The first-order valence-corrected chi connectivity index (χ1v) is 13.0. The Hall–Kier alpha value is -0.900. The van der Waals surface area contributed by atoms with E-state index in [0.29, 0.717) is 35.6 Å². The Morgan fingerprint density at radius 1 is 0.903 bits per heavy atom. The van der Waals surface area contributed by atoms with Gasteiger partial charge in [0.05, 0.1) is 6.10 Å². The first kappa shape index (κ1) is 20.7. The van der Waals surface area contributed by atoms with Gasteiger partial charge in [0.2, 0.25) is 0 Å². The van der Waals surface area contributed by atoms with Crippen molar-refractivity contribution in [2.75, 3.05) is 0 Å². The van der Waals surface area contributed by atoms with Crippen LogP contribution < -0.4 is 0 Å². The molecule has 0 aromatic carbocycles. The number of ether oxygens (including phenoxy) is 2. The third-order valence-electron chi connectivity index (χ3n) is 12.0. The summed E-state index contributed by atoms with van der Waals surface area (Å²) in [6, 6.07) is 0. The van der Waals surface area contributed by atoms with Crippen molar-refractivity contribution in [1.29, 1.82) is 0 Å². The van der Waals surface area contributed by atoms with Gasteiger partial charge < -0.3 is 9.47 Å². The highest BCUT2D eigenvalue weighted by molar-refractivity contribution is 5.84. The third kappa shape index (κ3) is 2.36. The summed E-state index contributed by atoms with van der Waals surface area (Å²) in [6.45, 7) is 8.45. The normalized spacial score (nSPS) is 56.9. The molecule has 1 spiro atoms. The van der Waals surface area contributed by atoms with E-state index in [1.165, 1.54) is 45.4 Å². The summed E-state index contributed by atoms with van der Waals surface area (Å²) in [5.41, 5.74) is 0.235. The second-order valence-electron chi connectivity index (χ2n) is 12.7. The number of Topliss-reactive ketones (excluding diaryl/α,β-unsaturated/α-hetero) is 1. The van der Waals surface area contributed by atoms with Crippen molar-refractivity contribution in [1.82, 2.24) is 0 Å². The molecule has 10 atom stereocenters. The van der Waals surface area contributed by atoms with Crippen LogP contribution in [-0.4, -0.2) is 29.6 Å². The molecule has 0 N–H and O–H groups in total. The van der Waals surface area contributed by atoms with Crippen molar-refractivity contribution in [3.63, 3.8) is 0 Å². The average molecular weight is 429 g/mol. The van der Waals surface area contributed by atoms with Gasteiger partial charge in [-0.05, 0) is 87.4 Å². The van der Waals surface area contributed by atoms with Gasteiger partial charge >= 0.3 is 5.97 Å². The zero-order valence-corrected chi connectivity index (χ0v) is 19.9. The molecule has 4 nitrogen and oxygen atoms in total. The summed E-state index contributed by atoms with van der Waals surface area (Å²) in [5, 5.41) is 0. The number of epoxide rings is 1. The Balaban J connectivity index is 1.33. The van der Waals surface area contributed by atoms with Gasteiger partial charge in [-0.2, -0.15) is 0 Å². The van der Waals surface area contributed by atoms with Crippen molar-refractivity contribution < 1.29 is 19.1 Å². The molecule has 6 aliphatic rings. The van der Waals surface area contributed by atoms with Gasteiger partial charge in [0.15, 0.2) is 0 Å². The van der Waals surface area contributed by atoms with Gasteiger partial charge in [-0.1, -0.05) is 26.7 Å². The lowest BCUT2D eigenvalue weighted by molar-refractivity contribution is -0.163. The topological polar surface area (TPSA) is 55.9 Å². The molecule has 1 heterocycles. The first-order valence-electron chi connectivity index (χ1n) is 13.0. The molecule has 5 aliphatic carbocycles. The molecular weight excluding hydrogens is 388 g/mol. The van der Waals surface area contributed by atoms with E-state index in [4.69, 9.17) is 9.47 Å². The van der Waals surface area contributed by atoms with Crippen LogP contribution in [0.3, 0.4) is 0 Å². The van der Waals surface area contributed by atoms with Crippen molar-refractivity contribution in [2.24, 2.45) is 39.9 Å². The van der Waals surface area contributed by atoms with Gasteiger partial charge in [0, 0.05) is 24.2 Å². The summed E-state index contributed by atoms with van der Waals surface area (Å²) in [6.07, 6.45) is 13.1. The van der Waals surface area contributed by atoms with Crippen molar-refractivity contribution in [3.05, 3.63) is 0 Å². The summed E-state index contributed by atoms with van der Waals surface area (Å²) >= 11 is 0. The Morgan fingerprint density at radius 3 is 2.42 bits per heavy atom. The highest BCUT2D eigenvalue weighted by Crippen LogP contribution is 2.77. The van der Waals surface area contributed by atoms with E-state index < -0.39 is 0 Å². The fraction of sp³-hybridized carbons (Fsp3) is 0.926. The third-order valence-corrected chi connectivity index (χ3v) is 12.0. The zero-order chi connectivity index (χ0) is 21.8. The minimum Gasteiger partial charge on any atom is -0.462 e. The summed E-state index contributed by atoms with van der Waals surface area (Å²) in [5.74, 6) is 2.98. The lowest BCUT2D eigenvalue weighted by Gasteiger charge is -2.61. The van der Waals surface area contributed by atoms with E-state index in [-0.39, 0.29) is 33.9 Å². The van der Waals surface area contributed by atoms with Crippen molar-refractivity contribution in [3.8, 4) is 0 Å². The summed E-state index contributed by atoms with van der Waals surface area (Å²) in [7, 11) is 0. The van der Waals surface area contributed by atoms with Crippen LogP contribution in [0.1, 0.15) is 98.3 Å². The Morgan fingerprint density at radius 2 is 1.68 bits per heavy atom. The van der Waals surface area contributed by atoms with Gasteiger partial charge in [0.1, 0.15) is 17.5 Å². The fourth-order valence-corrected chi connectivity index (χ4v) is 10.8. The number of hydrogen-bond acceptors (Lipinski definition) is 4. The predicted octanol–water partition coefficient (Wildman–Crippen LogP) is 5.47. The molecule has 4 heteroatoms. The van der Waals surface area contributed by atoms with Crippen LogP contribution >= 0.6 is 0 Å². The second-order valence-corrected chi connectivity index (χ2v) is 12.7. The highest BCUT2D eigenvalue weighted by Gasteiger charge is 2.78. The van der Waals surface area contributed by atoms with Gasteiger partial charge in [-0.15, -0.1) is 0 Å². The molecular formula is C27H40O4. The molecule has 6 rings (SSSR count). The van der Waals surface area contributed by atoms with Gasteiger partial charge in [-0.25, -0.2) is 0 Å². The van der Waals surface area contributed by atoms with E-state index in [1.807, 2.05) is 6.92 Å². The number of carbonyl (C=O) groups excluding carboxylic acids is 2. The largest absolute Gasteiger partial charge is 0.462 e. The molecule has 1 aliphatic heterocycles. The fourth-order valence-electron chi connectivity index (χ4n) is 10.8. The molecule has 0 unspecified atom stereocenters. The van der Waals surface area contributed by atoms with E-state index in [2.05, 4.69) is 13.8 Å². The number of esters is 1. The second kappa shape index (κ2) is 6.36. The van der Waals surface area contributed by atoms with E-state index in [0.717, 1.165) is 32.1 Å². The molecule has 0 bridgehead atoms. The van der Waals surface area contributed by atoms with E-state index >= 15 is 0 Å². The minimum absolute atomic E-state index is 0.0244. The van der Waals surface area contributed by atoms with Crippen LogP contribution in [0.2, 0.25) is 0 Å². The zero-order valence-electron chi connectivity index (χ0n) is 19.9. The highest BCUT2D eigenvalue weighted by atomic mass is 16.6. The molecule has 0 aromatic rings.